The zero-order chi connectivity index (χ0) is 22.5. The number of carbonyl (C=O) groups excluding carboxylic acids is 1. The Hall–Kier alpha value is -0.450. The van der Waals surface area contributed by atoms with Gasteiger partial charge in [0.2, 0.25) is 5.91 Å². The Labute approximate surface area is 227 Å². The topological polar surface area (TPSA) is 63.1 Å². The molecule has 0 radical (unpaired) electrons. The molecule has 1 atom stereocenters. The quantitative estimate of drug-likeness (QED) is 0.243. The van der Waals surface area contributed by atoms with Gasteiger partial charge in [-0.15, -0.1) is 10.2 Å². The Kier molecular flexibility index (Phi) is 9.43. The Bertz CT molecular complexity index is 1040. The van der Waals surface area contributed by atoms with Crippen LogP contribution in [0.3, 0.4) is 0 Å². The van der Waals surface area contributed by atoms with Crippen molar-refractivity contribution in [3.63, 3.8) is 0 Å². The van der Waals surface area contributed by atoms with Gasteiger partial charge in [-0.2, -0.15) is 0 Å². The second kappa shape index (κ2) is 11.6. The SMILES string of the molecule is CC(c1nnc(SCC(=O)Nc2c(I)cc(I)cc2I)n1Cc1ccccc1)N(C)C. The van der Waals surface area contributed by atoms with E-state index in [1.54, 1.807) is 0 Å². The molecule has 1 aromatic heterocycles. The predicted molar refractivity (Wildman–Crippen MR) is 152 cm³/mol. The van der Waals surface area contributed by atoms with Gasteiger partial charge in [0, 0.05) is 10.7 Å². The van der Waals surface area contributed by atoms with E-state index in [0.29, 0.717) is 6.54 Å². The van der Waals surface area contributed by atoms with Gasteiger partial charge < -0.3 is 9.88 Å². The molecule has 0 spiro atoms. The molecule has 0 aliphatic heterocycles. The van der Waals surface area contributed by atoms with E-state index in [0.717, 1.165) is 27.4 Å². The van der Waals surface area contributed by atoms with Gasteiger partial charge in [-0.1, -0.05) is 42.1 Å². The van der Waals surface area contributed by atoms with E-state index in [1.807, 2.05) is 32.3 Å². The highest BCUT2D eigenvalue weighted by molar-refractivity contribution is 14.1. The van der Waals surface area contributed by atoms with Crippen LogP contribution in [0.2, 0.25) is 0 Å². The number of benzene rings is 2. The average molecular weight is 773 g/mol. The lowest BCUT2D eigenvalue weighted by Gasteiger charge is -2.20. The molecular formula is C21H22I3N5OS. The molecule has 10 heteroatoms. The average Bonchev–Trinajstić information content (AvgIpc) is 3.11. The first-order valence-corrected chi connectivity index (χ1v) is 13.7. The minimum atomic E-state index is -0.0569. The fraction of sp³-hybridized carbons (Fsp3) is 0.286. The number of amides is 1. The molecule has 0 fully saturated rings. The molecule has 0 bridgehead atoms. The first kappa shape index (κ1) is 25.2. The number of anilines is 1. The lowest BCUT2D eigenvalue weighted by atomic mass is 10.2. The minimum Gasteiger partial charge on any atom is -0.324 e. The van der Waals surface area contributed by atoms with Crippen LogP contribution in [0.5, 0.6) is 0 Å². The van der Waals surface area contributed by atoms with Crippen molar-refractivity contribution in [3.05, 3.63) is 64.6 Å². The van der Waals surface area contributed by atoms with E-state index in [-0.39, 0.29) is 17.7 Å². The normalized spacial score (nSPS) is 12.2. The van der Waals surface area contributed by atoms with Crippen molar-refractivity contribution in [1.29, 1.82) is 0 Å². The number of halogens is 3. The first-order chi connectivity index (χ1) is 14.8. The van der Waals surface area contributed by atoms with Crippen LogP contribution in [0.15, 0.2) is 47.6 Å². The number of hydrogen-bond acceptors (Lipinski definition) is 5. The van der Waals surface area contributed by atoms with Gasteiger partial charge >= 0.3 is 0 Å². The van der Waals surface area contributed by atoms with E-state index in [2.05, 4.69) is 124 Å². The molecule has 1 heterocycles. The third-order valence-corrected chi connectivity index (χ3v) is 7.97. The van der Waals surface area contributed by atoms with E-state index >= 15 is 0 Å². The minimum absolute atomic E-state index is 0.0569. The van der Waals surface area contributed by atoms with Crippen LogP contribution >= 0.6 is 79.5 Å². The summed E-state index contributed by atoms with van der Waals surface area (Å²) in [6, 6.07) is 14.5. The summed E-state index contributed by atoms with van der Waals surface area (Å²) in [6.07, 6.45) is 0. The van der Waals surface area contributed by atoms with E-state index < -0.39 is 0 Å². The molecule has 6 nitrogen and oxygen atoms in total. The van der Waals surface area contributed by atoms with E-state index in [1.165, 1.54) is 17.3 Å². The molecule has 3 rings (SSSR count). The number of rotatable bonds is 8. The number of hydrogen-bond donors (Lipinski definition) is 1. The molecule has 1 N–H and O–H groups in total. The van der Waals surface area contributed by atoms with Crippen molar-refractivity contribution in [2.75, 3.05) is 25.2 Å². The molecule has 0 saturated heterocycles. The standard InChI is InChI=1S/C21H22I3N5OS/c1-13(28(2)3)20-26-27-21(29(20)11-14-7-5-4-6-8-14)31-12-18(30)25-19-16(23)9-15(22)10-17(19)24/h4-10,13H,11-12H2,1-3H3,(H,25,30). The van der Waals surface area contributed by atoms with Crippen LogP contribution in [-0.2, 0) is 11.3 Å². The number of thioether (sulfide) groups is 1. The molecule has 2 aromatic carbocycles. The van der Waals surface area contributed by atoms with Gasteiger partial charge in [0.25, 0.3) is 0 Å². The van der Waals surface area contributed by atoms with Gasteiger partial charge in [-0.05, 0) is 106 Å². The summed E-state index contributed by atoms with van der Waals surface area (Å²) in [5, 5.41) is 12.6. The monoisotopic (exact) mass is 773 g/mol. The fourth-order valence-electron chi connectivity index (χ4n) is 2.83. The van der Waals surface area contributed by atoms with Gasteiger partial charge in [0.15, 0.2) is 11.0 Å². The Morgan fingerprint density at radius 1 is 1.13 bits per heavy atom. The molecular weight excluding hydrogens is 751 g/mol. The van der Waals surface area contributed by atoms with Crippen molar-refractivity contribution in [1.82, 2.24) is 19.7 Å². The van der Waals surface area contributed by atoms with Gasteiger partial charge in [-0.3, -0.25) is 9.69 Å². The van der Waals surface area contributed by atoms with Crippen LogP contribution < -0.4 is 5.32 Å². The molecule has 31 heavy (non-hydrogen) atoms. The zero-order valence-corrected chi connectivity index (χ0v) is 24.6. The van der Waals surface area contributed by atoms with E-state index in [9.17, 15) is 4.79 Å². The third-order valence-electron chi connectivity index (χ3n) is 4.68. The second-order valence-corrected chi connectivity index (χ2v) is 11.6. The first-order valence-electron chi connectivity index (χ1n) is 9.47. The van der Waals surface area contributed by atoms with Crippen molar-refractivity contribution in [3.8, 4) is 0 Å². The zero-order valence-electron chi connectivity index (χ0n) is 17.3. The molecule has 3 aromatic rings. The molecule has 164 valence electrons. The smallest absolute Gasteiger partial charge is 0.234 e. The van der Waals surface area contributed by atoms with Crippen LogP contribution in [-0.4, -0.2) is 45.4 Å². The summed E-state index contributed by atoms with van der Waals surface area (Å²) >= 11 is 8.21. The summed E-state index contributed by atoms with van der Waals surface area (Å²) in [7, 11) is 4.05. The maximum absolute atomic E-state index is 12.7. The van der Waals surface area contributed by atoms with Crippen LogP contribution in [0.4, 0.5) is 5.69 Å². The highest BCUT2D eigenvalue weighted by atomic mass is 127. The van der Waals surface area contributed by atoms with Gasteiger partial charge in [-0.25, -0.2) is 0 Å². The summed E-state index contributed by atoms with van der Waals surface area (Å²) in [4.78, 5) is 14.8. The van der Waals surface area contributed by atoms with Crippen molar-refractivity contribution in [2.45, 2.75) is 24.7 Å². The highest BCUT2D eigenvalue weighted by Crippen LogP contribution is 2.28. The second-order valence-electron chi connectivity index (χ2n) is 7.13. The number of aromatic nitrogens is 3. The molecule has 1 amide bonds. The third kappa shape index (κ3) is 6.77. The largest absolute Gasteiger partial charge is 0.324 e. The lowest BCUT2D eigenvalue weighted by molar-refractivity contribution is -0.113. The van der Waals surface area contributed by atoms with Crippen LogP contribution in [0, 0.1) is 10.7 Å². The molecule has 1 unspecified atom stereocenters. The molecule has 0 aliphatic carbocycles. The van der Waals surface area contributed by atoms with Crippen LogP contribution in [0.25, 0.3) is 0 Å². The predicted octanol–water partition coefficient (Wildman–Crippen LogP) is 5.49. The Morgan fingerprint density at radius 3 is 2.39 bits per heavy atom. The number of nitrogens with zero attached hydrogens (tertiary/aromatic N) is 4. The number of carbonyl (C=O) groups is 1. The molecule has 0 aliphatic rings. The maximum atomic E-state index is 12.7. The van der Waals surface area contributed by atoms with Crippen molar-refractivity contribution < 1.29 is 4.79 Å². The summed E-state index contributed by atoms with van der Waals surface area (Å²) in [5.41, 5.74) is 2.03. The number of nitrogens with one attached hydrogen (secondary N) is 1. The van der Waals surface area contributed by atoms with Crippen LogP contribution in [0.1, 0.15) is 24.4 Å². The van der Waals surface area contributed by atoms with Crippen molar-refractivity contribution >= 4 is 91.1 Å². The Balaban J connectivity index is 1.77. The fourth-order valence-corrected chi connectivity index (χ4v) is 7.43. The van der Waals surface area contributed by atoms with Crippen molar-refractivity contribution in [2.24, 2.45) is 0 Å². The summed E-state index contributed by atoms with van der Waals surface area (Å²) in [6.45, 7) is 2.77. The van der Waals surface area contributed by atoms with Gasteiger partial charge in [0.05, 0.1) is 24.0 Å². The maximum Gasteiger partial charge on any atom is 0.234 e. The lowest BCUT2D eigenvalue weighted by Crippen LogP contribution is -2.21. The summed E-state index contributed by atoms with van der Waals surface area (Å²) in [5.74, 6) is 1.10. The van der Waals surface area contributed by atoms with Gasteiger partial charge in [0.1, 0.15) is 0 Å². The summed E-state index contributed by atoms with van der Waals surface area (Å²) < 4.78 is 5.31. The van der Waals surface area contributed by atoms with E-state index in [4.69, 9.17) is 0 Å². The highest BCUT2D eigenvalue weighted by Gasteiger charge is 2.21. The molecule has 0 saturated carbocycles. The Morgan fingerprint density at radius 2 is 1.77 bits per heavy atom.